The van der Waals surface area contributed by atoms with Gasteiger partial charge in [0.1, 0.15) is 6.10 Å². The quantitative estimate of drug-likeness (QED) is 0.163. The molecule has 0 unspecified atom stereocenters. The molecule has 0 aromatic heterocycles. The van der Waals surface area contributed by atoms with E-state index >= 15 is 0 Å². The summed E-state index contributed by atoms with van der Waals surface area (Å²) in [5, 5.41) is 11.9. The lowest BCUT2D eigenvalue weighted by atomic mass is 10.0. The van der Waals surface area contributed by atoms with Gasteiger partial charge in [0.15, 0.2) is 0 Å². The molecule has 4 nitrogen and oxygen atoms in total. The van der Waals surface area contributed by atoms with Gasteiger partial charge in [0.2, 0.25) is 8.32 Å². The van der Waals surface area contributed by atoms with E-state index in [1.807, 2.05) is 0 Å². The highest BCUT2D eigenvalue weighted by molar-refractivity contribution is 6.99. The van der Waals surface area contributed by atoms with Crippen molar-refractivity contribution in [3.05, 3.63) is 72.5 Å². The van der Waals surface area contributed by atoms with Crippen molar-refractivity contribution < 1.29 is 18.7 Å². The third kappa shape index (κ3) is 7.86. The van der Waals surface area contributed by atoms with Crippen molar-refractivity contribution >= 4 is 27.0 Å². The fraction of sp³-hybridized carbons (Fsp3) is 0.611. The van der Waals surface area contributed by atoms with E-state index in [1.54, 1.807) is 0 Å². The van der Waals surface area contributed by atoms with Gasteiger partial charge in [0, 0.05) is 32.5 Å². The number of hydrogen-bond donors (Lipinski definition) is 1. The highest BCUT2D eigenvalue weighted by Crippen LogP contribution is 2.44. The van der Waals surface area contributed by atoms with Crippen molar-refractivity contribution in [2.75, 3.05) is 13.2 Å². The minimum atomic E-state index is -2.60. The number of unbranched alkanes of at least 4 members (excludes halogenated alkanes) is 1. The summed E-state index contributed by atoms with van der Waals surface area (Å²) in [6.07, 6.45) is 6.58. The number of hydrogen-bond acceptors (Lipinski definition) is 4. The van der Waals surface area contributed by atoms with Crippen LogP contribution >= 0.6 is 0 Å². The Hall–Kier alpha value is -1.71. The van der Waals surface area contributed by atoms with E-state index in [4.69, 9.17) is 13.6 Å². The van der Waals surface area contributed by atoms with Gasteiger partial charge in [-0.2, -0.15) is 0 Å². The maximum Gasteiger partial charge on any atom is 0.261 e. The third-order valence-corrected chi connectivity index (χ3v) is 20.4. The summed E-state index contributed by atoms with van der Waals surface area (Å²) in [4.78, 5) is 0. The van der Waals surface area contributed by atoms with Gasteiger partial charge in [-0.3, -0.25) is 0 Å². The van der Waals surface area contributed by atoms with Gasteiger partial charge >= 0.3 is 0 Å². The first kappa shape index (κ1) is 34.8. The molecular formula is C36H58O4Si2. The second-order valence-electron chi connectivity index (χ2n) is 14.1. The number of allylic oxidation sites excluding steroid dienone is 1. The van der Waals surface area contributed by atoms with Crippen LogP contribution in [-0.4, -0.2) is 47.2 Å². The second kappa shape index (κ2) is 15.3. The Bertz CT molecular complexity index is 1030. The fourth-order valence-corrected chi connectivity index (χ4v) is 17.5. The van der Waals surface area contributed by atoms with E-state index in [9.17, 15) is 5.11 Å². The maximum atomic E-state index is 9.39. The molecule has 0 bridgehead atoms. The lowest BCUT2D eigenvalue weighted by Crippen LogP contribution is -2.66. The van der Waals surface area contributed by atoms with Gasteiger partial charge in [0.05, 0.1) is 11.9 Å². The summed E-state index contributed by atoms with van der Waals surface area (Å²) < 4.78 is 21.1. The van der Waals surface area contributed by atoms with Crippen molar-refractivity contribution in [3.8, 4) is 0 Å². The van der Waals surface area contributed by atoms with Crippen LogP contribution in [0.15, 0.2) is 72.5 Å². The van der Waals surface area contributed by atoms with Crippen molar-refractivity contribution in [2.24, 2.45) is 0 Å². The van der Waals surface area contributed by atoms with Crippen molar-refractivity contribution in [2.45, 2.75) is 128 Å². The third-order valence-electron chi connectivity index (χ3n) is 9.25. The molecule has 1 heterocycles. The van der Waals surface area contributed by atoms with Crippen molar-refractivity contribution in [1.82, 2.24) is 0 Å². The minimum absolute atomic E-state index is 0.0422. The fourth-order valence-electron chi connectivity index (χ4n) is 7.42. The molecule has 2 aromatic rings. The van der Waals surface area contributed by atoms with Gasteiger partial charge < -0.3 is 18.7 Å². The zero-order valence-electron chi connectivity index (χ0n) is 27.9. The van der Waals surface area contributed by atoms with Crippen LogP contribution in [-0.2, 0) is 13.6 Å². The van der Waals surface area contributed by atoms with E-state index < -0.39 is 16.6 Å². The monoisotopic (exact) mass is 610 g/mol. The van der Waals surface area contributed by atoms with Crippen LogP contribution in [0.5, 0.6) is 0 Å². The Kier molecular flexibility index (Phi) is 12.7. The molecular weight excluding hydrogens is 553 g/mol. The first-order chi connectivity index (χ1) is 19.9. The molecule has 1 aliphatic rings. The predicted octanol–water partition coefficient (Wildman–Crippen LogP) is 8.35. The number of rotatable bonds is 15. The molecule has 0 radical (unpaired) electrons. The Morgan fingerprint density at radius 2 is 1.36 bits per heavy atom. The van der Waals surface area contributed by atoms with Gasteiger partial charge in [-0.1, -0.05) is 123 Å². The van der Waals surface area contributed by atoms with Crippen LogP contribution < -0.4 is 10.4 Å². The molecule has 2 aromatic carbocycles. The van der Waals surface area contributed by atoms with Gasteiger partial charge in [-0.05, 0) is 51.0 Å². The maximum absolute atomic E-state index is 9.39. The van der Waals surface area contributed by atoms with Gasteiger partial charge in [-0.15, -0.1) is 0 Å². The van der Waals surface area contributed by atoms with E-state index in [2.05, 4.69) is 129 Å². The highest BCUT2D eigenvalue weighted by Gasteiger charge is 2.50. The Balaban J connectivity index is 1.88. The van der Waals surface area contributed by atoms with Crippen LogP contribution in [0.3, 0.4) is 0 Å². The molecule has 0 aliphatic carbocycles. The van der Waals surface area contributed by atoms with Crippen LogP contribution in [0.2, 0.25) is 21.7 Å². The smallest absolute Gasteiger partial charge is 0.261 e. The molecule has 42 heavy (non-hydrogen) atoms. The van der Waals surface area contributed by atoms with Crippen molar-refractivity contribution in [1.29, 1.82) is 0 Å². The molecule has 1 N–H and O–H groups in total. The first-order valence-electron chi connectivity index (χ1n) is 16.3. The summed E-state index contributed by atoms with van der Waals surface area (Å²) in [5.74, 6) is 1.02. The Labute approximate surface area is 259 Å². The summed E-state index contributed by atoms with van der Waals surface area (Å²) in [7, 11) is -4.65. The van der Waals surface area contributed by atoms with Gasteiger partial charge in [-0.25, -0.2) is 0 Å². The normalized spacial score (nSPS) is 18.5. The average molecular weight is 611 g/mol. The van der Waals surface area contributed by atoms with Crippen LogP contribution in [0.4, 0.5) is 0 Å². The summed E-state index contributed by atoms with van der Waals surface area (Å²) in [5.41, 5.74) is 1.59. The zero-order valence-corrected chi connectivity index (χ0v) is 29.9. The topological polar surface area (TPSA) is 47.9 Å². The molecule has 0 saturated heterocycles. The summed E-state index contributed by atoms with van der Waals surface area (Å²) in [6, 6.07) is 21.7. The molecule has 6 heteroatoms. The first-order valence-corrected chi connectivity index (χ1v) is 20.3. The summed E-state index contributed by atoms with van der Waals surface area (Å²) in [6.45, 7) is 22.0. The molecule has 0 amide bonds. The number of aliphatic hydroxyl groups excluding tert-OH is 1. The highest BCUT2D eigenvalue weighted by atomic mass is 28.4. The number of aliphatic hydroxyl groups is 1. The van der Waals surface area contributed by atoms with Crippen LogP contribution in [0.25, 0.3) is 0 Å². The van der Waals surface area contributed by atoms with Gasteiger partial charge in [0.25, 0.3) is 8.32 Å². The Morgan fingerprint density at radius 1 is 0.833 bits per heavy atom. The minimum Gasteiger partial charge on any atom is -0.495 e. The van der Waals surface area contributed by atoms with E-state index in [0.717, 1.165) is 37.9 Å². The molecule has 0 saturated carbocycles. The number of benzene rings is 2. The van der Waals surface area contributed by atoms with Crippen LogP contribution in [0, 0.1) is 0 Å². The zero-order chi connectivity index (χ0) is 31.0. The lowest BCUT2D eigenvalue weighted by Gasteiger charge is -2.46. The Morgan fingerprint density at radius 3 is 1.81 bits per heavy atom. The van der Waals surface area contributed by atoms with E-state index in [-0.39, 0.29) is 23.9 Å². The lowest BCUT2D eigenvalue weighted by molar-refractivity contribution is 0.0280. The standard InChI is InChI=1S/C36H58O4Si2/c1-28(2)41(29(3)4,30(5)6)40-33-26-31(18-16-17-24-37)39-32(27-33)23-25-38-42(36(7,8)9,34-19-12-10-13-20-34)35-21-14-11-15-22-35/h10-15,19-22,26,28-30,32-33,37H,16-18,23-25,27H2,1-9H3/t32-,33-/m0/s1. The largest absolute Gasteiger partial charge is 0.495 e. The SMILES string of the molecule is CC(C)[Si](O[C@H]1C=C(CCCCO)O[C@@H](CCO[Si](c2ccccc2)(c2ccccc2)C(C)(C)C)C1)(C(C)C)C(C)C. The number of ether oxygens (including phenoxy) is 1. The van der Waals surface area contributed by atoms with Crippen molar-refractivity contribution in [3.63, 3.8) is 0 Å². The summed E-state index contributed by atoms with van der Waals surface area (Å²) >= 11 is 0. The molecule has 3 rings (SSSR count). The average Bonchev–Trinajstić information content (AvgIpc) is 2.94. The molecule has 0 spiro atoms. The van der Waals surface area contributed by atoms with E-state index in [0.29, 0.717) is 23.2 Å². The second-order valence-corrected chi connectivity index (χ2v) is 23.8. The molecule has 2 atom stereocenters. The molecule has 234 valence electrons. The predicted molar refractivity (Wildman–Crippen MR) is 183 cm³/mol. The van der Waals surface area contributed by atoms with E-state index in [1.165, 1.54) is 10.4 Å². The van der Waals surface area contributed by atoms with Crippen LogP contribution in [0.1, 0.15) is 94.4 Å². The molecule has 1 aliphatic heterocycles. The molecule has 0 fully saturated rings.